The number of hydrogen-bond donors (Lipinski definition) is 2. The van der Waals surface area contributed by atoms with E-state index in [1.54, 1.807) is 0 Å². The van der Waals surface area contributed by atoms with Gasteiger partial charge in [-0.15, -0.1) is 0 Å². The van der Waals surface area contributed by atoms with Gasteiger partial charge in [-0.05, 0) is 13.8 Å². The maximum absolute atomic E-state index is 10.6. The van der Waals surface area contributed by atoms with Gasteiger partial charge in [0.15, 0.2) is 0 Å². The van der Waals surface area contributed by atoms with Gasteiger partial charge in [0.25, 0.3) is 0 Å². The molecule has 3 N–H and O–H groups in total. The third kappa shape index (κ3) is 1.46. The summed E-state index contributed by atoms with van der Waals surface area (Å²) >= 11 is 0. The highest BCUT2D eigenvalue weighted by atomic mass is 16.5. The maximum atomic E-state index is 10.6. The van der Waals surface area contributed by atoms with Crippen molar-refractivity contribution in [3.8, 4) is 0 Å². The first-order valence-corrected chi connectivity index (χ1v) is 3.22. The Morgan fingerprint density at radius 2 is 2.40 bits per heavy atom. The monoisotopic (exact) mass is 144 g/mol. The first kappa shape index (κ1) is 7.50. The molecule has 1 heterocycles. The van der Waals surface area contributed by atoms with Gasteiger partial charge < -0.3 is 10.5 Å². The molecule has 1 rings (SSSR count). The van der Waals surface area contributed by atoms with Gasteiger partial charge in [-0.3, -0.25) is 10.1 Å². The zero-order valence-electron chi connectivity index (χ0n) is 6.18. The van der Waals surface area contributed by atoms with Crippen LogP contribution in [-0.2, 0) is 9.53 Å². The molecule has 1 amide bonds. The molecule has 1 fully saturated rings. The number of nitrogens with two attached hydrogens (primary N) is 1. The van der Waals surface area contributed by atoms with E-state index in [0.717, 1.165) is 0 Å². The van der Waals surface area contributed by atoms with Crippen LogP contribution in [0.5, 0.6) is 0 Å². The molecule has 58 valence electrons. The summed E-state index contributed by atoms with van der Waals surface area (Å²) in [6.07, 6.45) is 0. The number of carbonyl (C=O) groups is 1. The second kappa shape index (κ2) is 2.21. The fourth-order valence-electron chi connectivity index (χ4n) is 0.948. The van der Waals surface area contributed by atoms with Crippen molar-refractivity contribution in [3.05, 3.63) is 0 Å². The SMILES string of the molecule is CC1(C)NC(C(N)=O)CO1. The number of rotatable bonds is 1. The highest BCUT2D eigenvalue weighted by Crippen LogP contribution is 2.13. The highest BCUT2D eigenvalue weighted by Gasteiger charge is 2.33. The van der Waals surface area contributed by atoms with Crippen LogP contribution in [0.4, 0.5) is 0 Å². The van der Waals surface area contributed by atoms with Crippen LogP contribution >= 0.6 is 0 Å². The van der Waals surface area contributed by atoms with Gasteiger partial charge in [0.2, 0.25) is 5.91 Å². The summed E-state index contributed by atoms with van der Waals surface area (Å²) in [5.74, 6) is -0.356. The Kier molecular flexibility index (Phi) is 1.66. The lowest BCUT2D eigenvalue weighted by Gasteiger charge is -2.16. The Hall–Kier alpha value is -0.610. The number of carbonyl (C=O) groups excluding carboxylic acids is 1. The van der Waals surface area contributed by atoms with E-state index in [9.17, 15) is 4.79 Å². The van der Waals surface area contributed by atoms with Gasteiger partial charge in [-0.2, -0.15) is 0 Å². The molecule has 0 bridgehead atoms. The smallest absolute Gasteiger partial charge is 0.237 e. The minimum Gasteiger partial charge on any atom is -0.368 e. The molecule has 1 aliphatic rings. The fourth-order valence-corrected chi connectivity index (χ4v) is 0.948. The zero-order chi connectivity index (χ0) is 7.78. The van der Waals surface area contributed by atoms with Crippen molar-refractivity contribution in [1.82, 2.24) is 5.32 Å². The van der Waals surface area contributed by atoms with E-state index in [1.165, 1.54) is 0 Å². The van der Waals surface area contributed by atoms with E-state index >= 15 is 0 Å². The second-order valence-electron chi connectivity index (χ2n) is 2.92. The Bertz CT molecular complexity index is 156. The fraction of sp³-hybridized carbons (Fsp3) is 0.833. The summed E-state index contributed by atoms with van der Waals surface area (Å²) in [5.41, 5.74) is 4.63. The molecular weight excluding hydrogens is 132 g/mol. The van der Waals surface area contributed by atoms with Crippen molar-refractivity contribution in [3.63, 3.8) is 0 Å². The third-order valence-corrected chi connectivity index (χ3v) is 1.48. The zero-order valence-corrected chi connectivity index (χ0v) is 6.18. The number of ether oxygens (including phenoxy) is 1. The van der Waals surface area contributed by atoms with Crippen molar-refractivity contribution < 1.29 is 9.53 Å². The van der Waals surface area contributed by atoms with Gasteiger partial charge in [-0.1, -0.05) is 0 Å². The molecular formula is C6H12N2O2. The Labute approximate surface area is 59.7 Å². The standard InChI is InChI=1S/C6H12N2O2/c1-6(2)8-4(3-10-6)5(7)9/h4,8H,3H2,1-2H3,(H2,7,9). The topological polar surface area (TPSA) is 64.3 Å². The molecule has 0 aromatic carbocycles. The Balaban J connectivity index is 2.51. The molecule has 0 radical (unpaired) electrons. The molecule has 1 saturated heterocycles. The lowest BCUT2D eigenvalue weighted by atomic mass is 10.3. The van der Waals surface area contributed by atoms with E-state index in [1.807, 2.05) is 13.8 Å². The maximum Gasteiger partial charge on any atom is 0.237 e. The van der Waals surface area contributed by atoms with Crippen molar-refractivity contribution in [2.45, 2.75) is 25.6 Å². The van der Waals surface area contributed by atoms with Gasteiger partial charge in [0, 0.05) is 0 Å². The first-order chi connectivity index (χ1) is 4.51. The van der Waals surface area contributed by atoms with Crippen LogP contribution < -0.4 is 11.1 Å². The average Bonchev–Trinajstić information content (AvgIpc) is 2.10. The molecule has 4 nitrogen and oxygen atoms in total. The molecule has 0 aliphatic carbocycles. The number of nitrogens with one attached hydrogen (secondary N) is 1. The van der Waals surface area contributed by atoms with Crippen LogP contribution in [0.3, 0.4) is 0 Å². The van der Waals surface area contributed by atoms with Gasteiger partial charge >= 0.3 is 0 Å². The normalized spacial score (nSPS) is 30.4. The third-order valence-electron chi connectivity index (χ3n) is 1.48. The Morgan fingerprint density at radius 3 is 2.60 bits per heavy atom. The summed E-state index contributed by atoms with van der Waals surface area (Å²) in [6, 6.07) is -0.324. The predicted molar refractivity (Wildman–Crippen MR) is 36.1 cm³/mol. The summed E-state index contributed by atoms with van der Waals surface area (Å²) in [5, 5.41) is 2.93. The van der Waals surface area contributed by atoms with Crippen molar-refractivity contribution in [2.75, 3.05) is 6.61 Å². The molecule has 1 atom stereocenters. The lowest BCUT2D eigenvalue weighted by molar-refractivity contribution is -0.119. The van der Waals surface area contributed by atoms with Gasteiger partial charge in [-0.25, -0.2) is 0 Å². The molecule has 0 aromatic rings. The highest BCUT2D eigenvalue weighted by molar-refractivity contribution is 5.80. The molecule has 0 aromatic heterocycles. The van der Waals surface area contributed by atoms with Crippen LogP contribution in [0.1, 0.15) is 13.8 Å². The van der Waals surface area contributed by atoms with Crippen molar-refractivity contribution in [1.29, 1.82) is 0 Å². The molecule has 1 unspecified atom stereocenters. The van der Waals surface area contributed by atoms with Crippen LogP contribution in [0.15, 0.2) is 0 Å². The van der Waals surface area contributed by atoms with E-state index in [2.05, 4.69) is 5.32 Å². The van der Waals surface area contributed by atoms with Crippen molar-refractivity contribution >= 4 is 5.91 Å². The van der Waals surface area contributed by atoms with Crippen molar-refractivity contribution in [2.24, 2.45) is 5.73 Å². The van der Waals surface area contributed by atoms with Gasteiger partial charge in [0.1, 0.15) is 11.8 Å². The van der Waals surface area contributed by atoms with Crippen LogP contribution in [-0.4, -0.2) is 24.3 Å². The largest absolute Gasteiger partial charge is 0.368 e. The minimum absolute atomic E-state index is 0.324. The van der Waals surface area contributed by atoms with E-state index in [4.69, 9.17) is 10.5 Å². The number of primary amides is 1. The average molecular weight is 144 g/mol. The lowest BCUT2D eigenvalue weighted by Crippen LogP contribution is -2.45. The molecule has 1 aliphatic heterocycles. The molecule has 0 saturated carbocycles. The summed E-state index contributed by atoms with van der Waals surface area (Å²) in [4.78, 5) is 10.6. The van der Waals surface area contributed by atoms with E-state index < -0.39 is 5.72 Å². The van der Waals surface area contributed by atoms with Crippen LogP contribution in [0.25, 0.3) is 0 Å². The van der Waals surface area contributed by atoms with E-state index in [0.29, 0.717) is 6.61 Å². The number of hydrogen-bond acceptors (Lipinski definition) is 3. The molecule has 10 heavy (non-hydrogen) atoms. The minimum atomic E-state index is -0.403. The molecule has 0 spiro atoms. The second-order valence-corrected chi connectivity index (χ2v) is 2.92. The Morgan fingerprint density at radius 1 is 1.80 bits per heavy atom. The molecule has 4 heteroatoms. The first-order valence-electron chi connectivity index (χ1n) is 3.22. The number of amides is 1. The van der Waals surface area contributed by atoms with E-state index in [-0.39, 0.29) is 11.9 Å². The predicted octanol–water partition coefficient (Wildman–Crippen LogP) is -0.804. The summed E-state index contributed by atoms with van der Waals surface area (Å²) < 4.78 is 5.20. The summed E-state index contributed by atoms with van der Waals surface area (Å²) in [6.45, 7) is 4.09. The summed E-state index contributed by atoms with van der Waals surface area (Å²) in [7, 11) is 0. The van der Waals surface area contributed by atoms with Gasteiger partial charge in [0.05, 0.1) is 6.61 Å². The van der Waals surface area contributed by atoms with Crippen LogP contribution in [0.2, 0.25) is 0 Å². The van der Waals surface area contributed by atoms with Crippen LogP contribution in [0, 0.1) is 0 Å². The quantitative estimate of drug-likeness (QED) is 0.506.